The van der Waals surface area contributed by atoms with Crippen molar-refractivity contribution in [1.29, 1.82) is 0 Å². The molecule has 2 rings (SSSR count). The molecule has 288 valence electrons. The van der Waals surface area contributed by atoms with Gasteiger partial charge in [0.2, 0.25) is 0 Å². The summed E-state index contributed by atoms with van der Waals surface area (Å²) >= 11 is 0. The van der Waals surface area contributed by atoms with Gasteiger partial charge in [-0.1, -0.05) is 60.7 Å². The van der Waals surface area contributed by atoms with E-state index < -0.39 is 53.6 Å². The van der Waals surface area contributed by atoms with Crippen LogP contribution in [0.5, 0.6) is 0 Å². The molecule has 2 atom stereocenters. The zero-order valence-electron chi connectivity index (χ0n) is 31.1. The summed E-state index contributed by atoms with van der Waals surface area (Å²) in [5, 5.41) is 19.2. The first kappa shape index (κ1) is 44.7. The van der Waals surface area contributed by atoms with Crippen molar-refractivity contribution < 1.29 is 52.8 Å². The number of amides is 4. The van der Waals surface area contributed by atoms with Crippen LogP contribution in [0.3, 0.4) is 0 Å². The lowest BCUT2D eigenvalue weighted by molar-refractivity contribution is -0.139. The van der Waals surface area contributed by atoms with Crippen LogP contribution in [0.4, 0.5) is 19.2 Å². The third-order valence-corrected chi connectivity index (χ3v) is 6.47. The summed E-state index contributed by atoms with van der Waals surface area (Å²) in [5.41, 5.74) is 0.433. The number of Topliss-reactive ketones (excluding diaryl/α,β-unsaturated/α-hetero) is 1. The number of aliphatic carboxylic acids is 1. The predicted octanol–water partition coefficient (Wildman–Crippen LogP) is 5.85. The normalized spacial score (nSPS) is 12.0. The highest BCUT2D eigenvalue weighted by molar-refractivity contribution is 5.85. The summed E-state index contributed by atoms with van der Waals surface area (Å²) in [6.07, 6.45) is -1.11. The lowest BCUT2D eigenvalue weighted by atomic mass is 10.1. The molecule has 15 heteroatoms. The molecule has 0 spiro atoms. The van der Waals surface area contributed by atoms with Crippen LogP contribution < -0.4 is 21.3 Å². The van der Waals surface area contributed by atoms with Crippen LogP contribution >= 0.6 is 0 Å². The molecular formula is C37H54N4O11. The fourth-order valence-electron chi connectivity index (χ4n) is 4.08. The first-order chi connectivity index (χ1) is 24.3. The summed E-state index contributed by atoms with van der Waals surface area (Å²) in [4.78, 5) is 69.5. The number of hydrogen-bond donors (Lipinski definition) is 5. The van der Waals surface area contributed by atoms with Gasteiger partial charge < -0.3 is 45.3 Å². The minimum absolute atomic E-state index is 0.146. The third kappa shape index (κ3) is 23.1. The predicted molar refractivity (Wildman–Crippen MR) is 192 cm³/mol. The lowest BCUT2D eigenvalue weighted by Gasteiger charge is -2.22. The number of alkyl carbamates (subject to hydrolysis) is 4. The average Bonchev–Trinajstić information content (AvgIpc) is 3.05. The van der Waals surface area contributed by atoms with Gasteiger partial charge in [0, 0.05) is 13.1 Å². The van der Waals surface area contributed by atoms with Crippen LogP contribution in [0.2, 0.25) is 0 Å². The van der Waals surface area contributed by atoms with E-state index in [1.165, 1.54) is 6.92 Å². The highest BCUT2D eigenvalue weighted by Gasteiger charge is 2.24. The molecule has 0 aliphatic carbocycles. The van der Waals surface area contributed by atoms with E-state index >= 15 is 0 Å². The Morgan fingerprint density at radius 1 is 0.596 bits per heavy atom. The maximum absolute atomic E-state index is 11.8. The molecule has 15 nitrogen and oxygen atoms in total. The number of carbonyl (C=O) groups excluding carboxylic acids is 5. The van der Waals surface area contributed by atoms with Gasteiger partial charge in [-0.05, 0) is 85.3 Å². The smallest absolute Gasteiger partial charge is 0.408 e. The Hall–Kier alpha value is -5.34. The Morgan fingerprint density at radius 3 is 1.31 bits per heavy atom. The summed E-state index contributed by atoms with van der Waals surface area (Å²) in [7, 11) is 0. The SMILES string of the molecule is CC(=O)[C@H](CCCNC(=O)OCc1ccccc1)NC(=O)OC(C)(C)C.CC(C)(C)OC(=O)N[C@@H](CCCNC(=O)OCc1ccccc1)C(=O)O. The first-order valence-electron chi connectivity index (χ1n) is 17.0. The molecule has 2 aromatic carbocycles. The quantitative estimate of drug-likeness (QED) is 0.102. The monoisotopic (exact) mass is 730 g/mol. The standard InChI is InChI=1S/C19H28N2O5.C18H26N2O6/c1-14(22)16(21-18(24)26-19(2,3)4)11-8-12-20-17(23)25-13-15-9-6-5-7-10-15;1-18(2,3)26-17(24)20-14(15(21)22)10-7-11-19-16(23)25-12-13-8-5-4-6-9-13/h5-7,9-10,16H,8,11-13H2,1-4H3,(H,20,23)(H,21,24);4-6,8-9,14H,7,10-12H2,1-3H3,(H,19,23)(H,20,24)(H,21,22)/t16-;14-/m00/s1. The van der Waals surface area contributed by atoms with Gasteiger partial charge in [-0.3, -0.25) is 4.79 Å². The molecular weight excluding hydrogens is 676 g/mol. The fraction of sp³-hybridized carbons (Fsp3) is 0.514. The average molecular weight is 731 g/mol. The Morgan fingerprint density at radius 2 is 0.962 bits per heavy atom. The number of carboxylic acid groups (broad SMARTS) is 1. The molecule has 0 saturated heterocycles. The molecule has 0 aliphatic heterocycles. The van der Waals surface area contributed by atoms with Gasteiger partial charge in [0.05, 0.1) is 6.04 Å². The van der Waals surface area contributed by atoms with Crippen molar-refractivity contribution in [3.8, 4) is 0 Å². The number of ether oxygens (including phenoxy) is 4. The summed E-state index contributed by atoms with van der Waals surface area (Å²) in [6, 6.07) is 16.9. The Kier molecular flexibility index (Phi) is 19.9. The highest BCUT2D eigenvalue weighted by atomic mass is 16.6. The van der Waals surface area contributed by atoms with E-state index in [0.29, 0.717) is 25.8 Å². The molecule has 52 heavy (non-hydrogen) atoms. The van der Waals surface area contributed by atoms with Crippen molar-refractivity contribution in [3.63, 3.8) is 0 Å². The number of ketones is 1. The number of nitrogens with one attached hydrogen (secondary N) is 4. The van der Waals surface area contributed by atoms with Gasteiger partial charge in [-0.2, -0.15) is 0 Å². The van der Waals surface area contributed by atoms with Crippen LogP contribution in [-0.4, -0.2) is 77.6 Å². The van der Waals surface area contributed by atoms with Gasteiger partial charge >= 0.3 is 30.3 Å². The molecule has 0 unspecified atom stereocenters. The topological polar surface area (TPSA) is 208 Å². The van der Waals surface area contributed by atoms with Gasteiger partial charge in [0.15, 0.2) is 5.78 Å². The zero-order chi connectivity index (χ0) is 39.2. The van der Waals surface area contributed by atoms with E-state index in [2.05, 4.69) is 21.3 Å². The molecule has 2 aromatic rings. The number of carboxylic acids is 1. The van der Waals surface area contributed by atoms with E-state index in [-0.39, 0.29) is 32.0 Å². The second-order valence-corrected chi connectivity index (χ2v) is 13.6. The Balaban J connectivity index is 0.000000520. The van der Waals surface area contributed by atoms with Gasteiger partial charge in [-0.25, -0.2) is 24.0 Å². The molecule has 0 aliphatic rings. The number of rotatable bonds is 16. The van der Waals surface area contributed by atoms with Crippen LogP contribution in [0, 0.1) is 0 Å². The molecule has 0 saturated carbocycles. The van der Waals surface area contributed by atoms with E-state index in [0.717, 1.165) is 11.1 Å². The second kappa shape index (κ2) is 23.2. The van der Waals surface area contributed by atoms with Crippen molar-refractivity contribution in [2.24, 2.45) is 0 Å². The van der Waals surface area contributed by atoms with Crippen molar-refractivity contribution in [2.45, 2.75) is 111 Å². The molecule has 4 amide bonds. The van der Waals surface area contributed by atoms with Crippen LogP contribution in [0.1, 0.15) is 85.3 Å². The molecule has 0 bridgehead atoms. The molecule has 0 aromatic heterocycles. The maximum Gasteiger partial charge on any atom is 0.408 e. The first-order valence-corrected chi connectivity index (χ1v) is 17.0. The minimum Gasteiger partial charge on any atom is -0.480 e. The number of carbonyl (C=O) groups is 6. The fourth-order valence-corrected chi connectivity index (χ4v) is 4.08. The van der Waals surface area contributed by atoms with Crippen molar-refractivity contribution >= 4 is 36.1 Å². The summed E-state index contributed by atoms with van der Waals surface area (Å²) in [6.45, 7) is 12.6. The van der Waals surface area contributed by atoms with E-state index in [1.807, 2.05) is 60.7 Å². The number of benzene rings is 2. The molecule has 0 heterocycles. The Labute approximate surface area is 305 Å². The van der Waals surface area contributed by atoms with E-state index in [1.54, 1.807) is 41.5 Å². The molecule has 0 fully saturated rings. The largest absolute Gasteiger partial charge is 0.480 e. The van der Waals surface area contributed by atoms with Crippen LogP contribution in [0.25, 0.3) is 0 Å². The van der Waals surface area contributed by atoms with E-state index in [9.17, 15) is 28.8 Å². The number of hydrogen-bond acceptors (Lipinski definition) is 10. The lowest BCUT2D eigenvalue weighted by Crippen LogP contribution is -2.43. The highest BCUT2D eigenvalue weighted by Crippen LogP contribution is 2.09. The second-order valence-electron chi connectivity index (χ2n) is 13.6. The van der Waals surface area contributed by atoms with Crippen molar-refractivity contribution in [3.05, 3.63) is 71.8 Å². The van der Waals surface area contributed by atoms with E-state index in [4.69, 9.17) is 24.1 Å². The summed E-state index contributed by atoms with van der Waals surface area (Å²) < 4.78 is 20.3. The molecule has 0 radical (unpaired) electrons. The van der Waals surface area contributed by atoms with Crippen LogP contribution in [-0.2, 0) is 41.8 Å². The Bertz CT molecular complexity index is 1300. The minimum atomic E-state index is -1.16. The van der Waals surface area contributed by atoms with Crippen LogP contribution in [0.15, 0.2) is 60.7 Å². The zero-order valence-corrected chi connectivity index (χ0v) is 31.1. The third-order valence-electron chi connectivity index (χ3n) is 6.47. The summed E-state index contributed by atoms with van der Waals surface area (Å²) in [5.74, 6) is -1.33. The maximum atomic E-state index is 11.8. The van der Waals surface area contributed by atoms with Gasteiger partial charge in [0.1, 0.15) is 30.5 Å². The van der Waals surface area contributed by atoms with Crippen molar-refractivity contribution in [1.82, 2.24) is 21.3 Å². The van der Waals surface area contributed by atoms with Gasteiger partial charge in [0.25, 0.3) is 0 Å². The van der Waals surface area contributed by atoms with Crippen molar-refractivity contribution in [2.75, 3.05) is 13.1 Å². The van der Waals surface area contributed by atoms with Gasteiger partial charge in [-0.15, -0.1) is 0 Å². The molecule has 5 N–H and O–H groups in total.